The van der Waals surface area contributed by atoms with E-state index in [0.29, 0.717) is 10.6 Å². The second-order valence-electron chi connectivity index (χ2n) is 6.20. The van der Waals surface area contributed by atoms with Crippen molar-refractivity contribution in [3.8, 4) is 0 Å². The fraction of sp³-hybridized carbons (Fsp3) is 0.438. The number of carbonyl (C=O) groups is 2. The number of nitrogens with zero attached hydrogens (tertiary/aromatic N) is 2. The van der Waals surface area contributed by atoms with E-state index >= 15 is 0 Å². The van der Waals surface area contributed by atoms with Crippen LogP contribution in [0, 0.1) is 6.92 Å². The van der Waals surface area contributed by atoms with E-state index in [1.807, 2.05) is 0 Å². The largest absolute Gasteiger partial charge is 0.435 e. The number of rotatable bonds is 4. The number of amides is 2. The molecule has 0 radical (unpaired) electrons. The molecule has 0 bridgehead atoms. The van der Waals surface area contributed by atoms with Crippen molar-refractivity contribution in [3.63, 3.8) is 0 Å². The number of primary amides is 1. The molecule has 140 valence electrons. The van der Waals surface area contributed by atoms with E-state index in [1.165, 1.54) is 25.2 Å². The molecule has 0 unspecified atom stereocenters. The monoisotopic (exact) mass is 386 g/mol. The molecule has 3 N–H and O–H groups in total. The number of aryl methyl sites for hydroxylation is 2. The predicted octanol–water partition coefficient (Wildman–Crippen LogP) is 3.06. The van der Waals surface area contributed by atoms with Gasteiger partial charge >= 0.3 is 6.18 Å². The Bertz CT molecular complexity index is 885. The summed E-state index contributed by atoms with van der Waals surface area (Å²) in [6.07, 6.45) is -2.11. The van der Waals surface area contributed by atoms with Crippen molar-refractivity contribution in [3.05, 3.63) is 33.5 Å². The Morgan fingerprint density at radius 2 is 2.08 bits per heavy atom. The lowest BCUT2D eigenvalue weighted by Gasteiger charge is -2.14. The van der Waals surface area contributed by atoms with Crippen LogP contribution < -0.4 is 11.1 Å². The first-order chi connectivity index (χ1) is 12.1. The zero-order valence-electron chi connectivity index (χ0n) is 14.1. The van der Waals surface area contributed by atoms with Crippen LogP contribution in [0.1, 0.15) is 51.6 Å². The van der Waals surface area contributed by atoms with E-state index in [2.05, 4.69) is 10.4 Å². The summed E-state index contributed by atoms with van der Waals surface area (Å²) < 4.78 is 39.4. The SMILES string of the molecule is Cc1cc(C(F)(F)F)nn1[C@H](C)C(=O)Nc1sc2c(c1C(N)=O)CCC2. The topological polar surface area (TPSA) is 90.0 Å². The lowest BCUT2D eigenvalue weighted by molar-refractivity contribution is -0.141. The summed E-state index contributed by atoms with van der Waals surface area (Å²) in [4.78, 5) is 25.3. The number of nitrogens with two attached hydrogens (primary N) is 1. The van der Waals surface area contributed by atoms with Gasteiger partial charge in [0.05, 0.1) is 5.56 Å². The van der Waals surface area contributed by atoms with E-state index in [9.17, 15) is 22.8 Å². The van der Waals surface area contributed by atoms with E-state index in [4.69, 9.17) is 5.73 Å². The van der Waals surface area contributed by atoms with E-state index in [1.54, 1.807) is 0 Å². The molecule has 0 aromatic carbocycles. The molecule has 0 saturated carbocycles. The van der Waals surface area contributed by atoms with Crippen molar-refractivity contribution in [2.45, 2.75) is 45.3 Å². The smallest absolute Gasteiger partial charge is 0.365 e. The molecule has 1 aliphatic carbocycles. The van der Waals surface area contributed by atoms with Crippen LogP contribution in [0.4, 0.5) is 18.2 Å². The lowest BCUT2D eigenvalue weighted by atomic mass is 10.1. The number of alkyl halides is 3. The van der Waals surface area contributed by atoms with Gasteiger partial charge in [0.15, 0.2) is 5.69 Å². The number of nitrogens with one attached hydrogen (secondary N) is 1. The first-order valence-electron chi connectivity index (χ1n) is 7.98. The third kappa shape index (κ3) is 3.20. The summed E-state index contributed by atoms with van der Waals surface area (Å²) in [5.41, 5.74) is 5.77. The highest BCUT2D eigenvalue weighted by atomic mass is 32.1. The Labute approximate surface area is 151 Å². The van der Waals surface area contributed by atoms with Crippen LogP contribution in [0.5, 0.6) is 0 Å². The van der Waals surface area contributed by atoms with Gasteiger partial charge in [-0.25, -0.2) is 0 Å². The quantitative estimate of drug-likeness (QED) is 0.846. The first kappa shape index (κ1) is 18.4. The molecule has 2 aromatic heterocycles. The Balaban J connectivity index is 1.85. The number of carbonyl (C=O) groups excluding carboxylic acids is 2. The van der Waals surface area contributed by atoms with Crippen LogP contribution in [0.2, 0.25) is 0 Å². The molecule has 10 heteroatoms. The van der Waals surface area contributed by atoms with Gasteiger partial charge < -0.3 is 11.1 Å². The zero-order valence-corrected chi connectivity index (χ0v) is 14.9. The van der Waals surface area contributed by atoms with Gasteiger partial charge in [0.2, 0.25) is 5.91 Å². The highest BCUT2D eigenvalue weighted by Gasteiger charge is 2.35. The van der Waals surface area contributed by atoms with Crippen molar-refractivity contribution in [1.82, 2.24) is 9.78 Å². The third-order valence-electron chi connectivity index (χ3n) is 4.36. The minimum atomic E-state index is -4.58. The maximum absolute atomic E-state index is 12.8. The number of hydrogen-bond acceptors (Lipinski definition) is 4. The molecular weight excluding hydrogens is 369 g/mol. The molecule has 0 aliphatic heterocycles. The summed E-state index contributed by atoms with van der Waals surface area (Å²) in [5.74, 6) is -1.19. The van der Waals surface area contributed by atoms with E-state index < -0.39 is 29.7 Å². The fourth-order valence-corrected chi connectivity index (χ4v) is 4.40. The van der Waals surface area contributed by atoms with E-state index in [-0.39, 0.29) is 5.69 Å². The molecule has 0 fully saturated rings. The van der Waals surface area contributed by atoms with Gasteiger partial charge in [-0.3, -0.25) is 14.3 Å². The number of hydrogen-bond donors (Lipinski definition) is 2. The van der Waals surface area contributed by atoms with Crippen molar-refractivity contribution in [2.24, 2.45) is 5.73 Å². The van der Waals surface area contributed by atoms with Crippen molar-refractivity contribution in [1.29, 1.82) is 0 Å². The van der Waals surface area contributed by atoms with Gasteiger partial charge in [0, 0.05) is 10.6 Å². The zero-order chi connectivity index (χ0) is 19.2. The Morgan fingerprint density at radius 1 is 1.38 bits per heavy atom. The molecule has 2 aromatic rings. The Morgan fingerprint density at radius 3 is 2.65 bits per heavy atom. The standard InChI is InChI=1S/C16H17F3N4O2S/c1-7-6-11(16(17,18)19)22-23(7)8(2)14(25)21-15-12(13(20)24)9-4-3-5-10(9)26-15/h6,8H,3-5H2,1-2H3,(H2,20,24)(H,21,25)/t8-/m1/s1. The molecule has 1 aliphatic rings. The average molecular weight is 386 g/mol. The highest BCUT2D eigenvalue weighted by Crippen LogP contribution is 2.39. The molecule has 2 amide bonds. The first-order valence-corrected chi connectivity index (χ1v) is 8.79. The molecular formula is C16H17F3N4O2S. The predicted molar refractivity (Wildman–Crippen MR) is 90.2 cm³/mol. The summed E-state index contributed by atoms with van der Waals surface area (Å²) >= 11 is 1.29. The summed E-state index contributed by atoms with van der Waals surface area (Å²) in [6, 6.07) is -0.0954. The van der Waals surface area contributed by atoms with E-state index in [0.717, 1.165) is 40.5 Å². The molecule has 3 rings (SSSR count). The summed E-state index contributed by atoms with van der Waals surface area (Å²) in [7, 11) is 0. The molecule has 0 saturated heterocycles. The van der Waals surface area contributed by atoms with Crippen molar-refractivity contribution < 1.29 is 22.8 Å². The molecule has 6 nitrogen and oxygen atoms in total. The number of fused-ring (bicyclic) bond motifs is 1. The van der Waals surface area contributed by atoms with Crippen LogP contribution in [0.3, 0.4) is 0 Å². The van der Waals surface area contributed by atoms with Crippen LogP contribution in [-0.2, 0) is 23.8 Å². The maximum Gasteiger partial charge on any atom is 0.435 e. The minimum Gasteiger partial charge on any atom is -0.365 e. The fourth-order valence-electron chi connectivity index (χ4n) is 3.10. The summed E-state index contributed by atoms with van der Waals surface area (Å²) in [5, 5.41) is 6.47. The molecule has 26 heavy (non-hydrogen) atoms. The van der Waals surface area contributed by atoms with Gasteiger partial charge in [0.1, 0.15) is 11.0 Å². The highest BCUT2D eigenvalue weighted by molar-refractivity contribution is 7.17. The molecule has 1 atom stereocenters. The Hall–Kier alpha value is -2.36. The van der Waals surface area contributed by atoms with Crippen molar-refractivity contribution in [2.75, 3.05) is 5.32 Å². The average Bonchev–Trinajstić information content (AvgIpc) is 3.19. The van der Waals surface area contributed by atoms with Gasteiger partial charge in [-0.2, -0.15) is 18.3 Å². The van der Waals surface area contributed by atoms with Gasteiger partial charge in [-0.05, 0) is 44.7 Å². The Kier molecular flexibility index (Phi) is 4.55. The number of aromatic nitrogens is 2. The van der Waals surface area contributed by atoms with Gasteiger partial charge in [-0.15, -0.1) is 11.3 Å². The number of halogens is 3. The van der Waals surface area contributed by atoms with Gasteiger partial charge in [-0.1, -0.05) is 0 Å². The minimum absolute atomic E-state index is 0.212. The number of thiophene rings is 1. The van der Waals surface area contributed by atoms with Crippen molar-refractivity contribution >= 4 is 28.2 Å². The maximum atomic E-state index is 12.8. The van der Waals surface area contributed by atoms with Crippen LogP contribution in [0.15, 0.2) is 6.07 Å². The lowest BCUT2D eigenvalue weighted by Crippen LogP contribution is -2.26. The number of anilines is 1. The van der Waals surface area contributed by atoms with Crippen LogP contribution in [-0.4, -0.2) is 21.6 Å². The third-order valence-corrected chi connectivity index (χ3v) is 5.57. The second kappa shape index (κ2) is 6.42. The molecule has 2 heterocycles. The normalized spacial score (nSPS) is 15.0. The van der Waals surface area contributed by atoms with Crippen LogP contribution in [0.25, 0.3) is 0 Å². The summed E-state index contributed by atoms with van der Waals surface area (Å²) in [6.45, 7) is 2.89. The second-order valence-corrected chi connectivity index (χ2v) is 7.31. The molecule has 0 spiro atoms. The van der Waals surface area contributed by atoms with Gasteiger partial charge in [0.25, 0.3) is 5.91 Å². The van der Waals surface area contributed by atoms with Crippen LogP contribution >= 0.6 is 11.3 Å².